The highest BCUT2D eigenvalue weighted by molar-refractivity contribution is 7.12. The molecule has 2 rings (SSSR count). The lowest BCUT2D eigenvalue weighted by Gasteiger charge is -2.15. The summed E-state index contributed by atoms with van der Waals surface area (Å²) in [5.41, 5.74) is 0.530. The second-order valence-corrected chi connectivity index (χ2v) is 5.80. The van der Waals surface area contributed by atoms with Crippen molar-refractivity contribution in [1.29, 1.82) is 0 Å². The van der Waals surface area contributed by atoms with E-state index >= 15 is 0 Å². The van der Waals surface area contributed by atoms with Crippen molar-refractivity contribution >= 4 is 17.0 Å². The molecule has 0 spiro atoms. The fourth-order valence-corrected chi connectivity index (χ4v) is 2.83. The van der Waals surface area contributed by atoms with Crippen molar-refractivity contribution in [3.63, 3.8) is 0 Å². The zero-order valence-electron chi connectivity index (χ0n) is 11.3. The highest BCUT2D eigenvalue weighted by atomic mass is 32.1. The van der Waals surface area contributed by atoms with E-state index in [0.29, 0.717) is 5.56 Å². The molecule has 0 aliphatic rings. The summed E-state index contributed by atoms with van der Waals surface area (Å²) < 4.78 is 27.2. The fraction of sp³-hybridized carbons (Fsp3) is 0.333. The molecule has 0 aliphatic heterocycles. The number of anilines is 1. The molecule has 19 heavy (non-hydrogen) atoms. The molecular weight excluding hydrogens is 264 g/mol. The third kappa shape index (κ3) is 3.13. The van der Waals surface area contributed by atoms with Gasteiger partial charge in [0.2, 0.25) is 0 Å². The second kappa shape index (κ2) is 5.70. The first-order valence-electron chi connectivity index (χ1n) is 6.32. The van der Waals surface area contributed by atoms with E-state index in [-0.39, 0.29) is 11.7 Å². The molecule has 0 radical (unpaired) electrons. The van der Waals surface area contributed by atoms with Crippen LogP contribution in [0, 0.1) is 18.6 Å². The van der Waals surface area contributed by atoms with Gasteiger partial charge in [-0.15, -0.1) is 11.3 Å². The number of halogens is 2. The van der Waals surface area contributed by atoms with E-state index in [1.54, 1.807) is 18.3 Å². The van der Waals surface area contributed by atoms with Crippen LogP contribution in [0.2, 0.25) is 0 Å². The van der Waals surface area contributed by atoms with E-state index in [1.807, 2.05) is 13.0 Å². The number of hydrogen-bond donors (Lipinski definition) is 1. The Morgan fingerprint density at radius 1 is 1.21 bits per heavy atom. The van der Waals surface area contributed by atoms with Crippen LogP contribution in [-0.4, -0.2) is 0 Å². The molecule has 0 aliphatic carbocycles. The van der Waals surface area contributed by atoms with Crippen molar-refractivity contribution in [2.24, 2.45) is 0 Å². The molecule has 1 nitrogen and oxygen atoms in total. The summed E-state index contributed by atoms with van der Waals surface area (Å²) >= 11 is 1.69. The Balaban J connectivity index is 2.18. The van der Waals surface area contributed by atoms with E-state index < -0.39 is 11.6 Å². The van der Waals surface area contributed by atoms with Gasteiger partial charge in [0, 0.05) is 15.8 Å². The maximum atomic E-state index is 13.8. The lowest BCUT2D eigenvalue weighted by molar-refractivity contribution is 0.593. The maximum absolute atomic E-state index is 13.8. The largest absolute Gasteiger partial charge is 0.375 e. The minimum atomic E-state index is -0.418. The number of benzene rings is 1. The van der Waals surface area contributed by atoms with Crippen LogP contribution in [0.1, 0.15) is 35.2 Å². The average molecular weight is 281 g/mol. The number of thiophene rings is 1. The van der Waals surface area contributed by atoms with E-state index in [4.69, 9.17) is 0 Å². The minimum absolute atomic E-state index is 0.0399. The Morgan fingerprint density at radius 2 is 1.95 bits per heavy atom. The lowest BCUT2D eigenvalue weighted by Crippen LogP contribution is -2.07. The molecule has 2 aromatic rings. The molecule has 0 saturated heterocycles. The van der Waals surface area contributed by atoms with E-state index in [2.05, 4.69) is 18.3 Å². The van der Waals surface area contributed by atoms with Gasteiger partial charge in [-0.2, -0.15) is 0 Å². The van der Waals surface area contributed by atoms with Gasteiger partial charge < -0.3 is 5.32 Å². The maximum Gasteiger partial charge on any atom is 0.146 e. The van der Waals surface area contributed by atoms with Crippen molar-refractivity contribution in [3.05, 3.63) is 51.2 Å². The number of nitrogens with one attached hydrogen (secondary N) is 1. The number of aryl methyl sites for hydroxylation is 2. The van der Waals surface area contributed by atoms with Gasteiger partial charge >= 0.3 is 0 Å². The SMILES string of the molecule is CCc1ccc(C(C)Nc2cc(F)c(C)cc2F)s1. The normalized spacial score (nSPS) is 12.5. The van der Waals surface area contributed by atoms with Crippen molar-refractivity contribution in [2.45, 2.75) is 33.2 Å². The number of rotatable bonds is 4. The van der Waals surface area contributed by atoms with Crippen molar-refractivity contribution < 1.29 is 8.78 Å². The van der Waals surface area contributed by atoms with E-state index in [9.17, 15) is 8.78 Å². The van der Waals surface area contributed by atoms with Gasteiger partial charge in [-0.3, -0.25) is 0 Å². The Morgan fingerprint density at radius 3 is 2.58 bits per heavy atom. The van der Waals surface area contributed by atoms with E-state index in [0.717, 1.165) is 11.3 Å². The molecular formula is C15H17F2NS. The highest BCUT2D eigenvalue weighted by Crippen LogP contribution is 2.28. The van der Waals surface area contributed by atoms with Crippen LogP contribution in [0.3, 0.4) is 0 Å². The Bertz CT molecular complexity index is 578. The Labute approximate surface area is 116 Å². The molecule has 4 heteroatoms. The molecule has 0 saturated carbocycles. The monoisotopic (exact) mass is 281 g/mol. The van der Waals surface area contributed by atoms with Crippen LogP contribution < -0.4 is 5.32 Å². The third-order valence-electron chi connectivity index (χ3n) is 3.08. The zero-order chi connectivity index (χ0) is 14.0. The molecule has 1 N–H and O–H groups in total. The van der Waals surface area contributed by atoms with Gasteiger partial charge in [-0.25, -0.2) is 8.78 Å². The molecule has 1 aromatic carbocycles. The minimum Gasteiger partial charge on any atom is -0.375 e. The summed E-state index contributed by atoms with van der Waals surface area (Å²) in [5, 5.41) is 3.03. The van der Waals surface area contributed by atoms with Crippen LogP contribution in [-0.2, 0) is 6.42 Å². The number of hydrogen-bond acceptors (Lipinski definition) is 2. The first-order valence-corrected chi connectivity index (χ1v) is 7.13. The van der Waals surface area contributed by atoms with Gasteiger partial charge in [-0.05, 0) is 44.0 Å². The quantitative estimate of drug-likeness (QED) is 0.825. The first-order chi connectivity index (χ1) is 9.01. The topological polar surface area (TPSA) is 12.0 Å². The van der Waals surface area contributed by atoms with Crippen LogP contribution >= 0.6 is 11.3 Å². The fourth-order valence-electron chi connectivity index (χ4n) is 1.88. The van der Waals surface area contributed by atoms with Crippen LogP contribution in [0.5, 0.6) is 0 Å². The lowest BCUT2D eigenvalue weighted by atomic mass is 10.2. The van der Waals surface area contributed by atoms with Gasteiger partial charge in [0.1, 0.15) is 11.6 Å². The molecule has 1 atom stereocenters. The standard InChI is InChI=1S/C15H17F2NS/c1-4-11-5-6-15(19-11)10(3)18-14-8-12(16)9(2)7-13(14)17/h5-8,10,18H,4H2,1-3H3. The van der Waals surface area contributed by atoms with Crippen LogP contribution in [0.15, 0.2) is 24.3 Å². The smallest absolute Gasteiger partial charge is 0.146 e. The Hall–Kier alpha value is -1.42. The summed E-state index contributed by atoms with van der Waals surface area (Å²) in [5.74, 6) is -0.811. The van der Waals surface area contributed by atoms with Gasteiger partial charge in [-0.1, -0.05) is 6.92 Å². The molecule has 0 bridgehead atoms. The Kier molecular flexibility index (Phi) is 4.20. The van der Waals surface area contributed by atoms with Gasteiger partial charge in [0.25, 0.3) is 0 Å². The van der Waals surface area contributed by atoms with Crippen molar-refractivity contribution in [2.75, 3.05) is 5.32 Å². The van der Waals surface area contributed by atoms with Crippen molar-refractivity contribution in [1.82, 2.24) is 0 Å². The highest BCUT2D eigenvalue weighted by Gasteiger charge is 2.12. The molecule has 0 amide bonds. The summed E-state index contributed by atoms with van der Waals surface area (Å²) in [6, 6.07) is 6.50. The van der Waals surface area contributed by atoms with Gasteiger partial charge in [0.15, 0.2) is 0 Å². The molecule has 102 valence electrons. The predicted octanol–water partition coefficient (Wildman–Crippen LogP) is 5.07. The molecule has 1 aromatic heterocycles. The van der Waals surface area contributed by atoms with Crippen LogP contribution in [0.4, 0.5) is 14.5 Å². The first kappa shape index (κ1) is 14.0. The molecule has 1 unspecified atom stereocenters. The van der Waals surface area contributed by atoms with Crippen molar-refractivity contribution in [3.8, 4) is 0 Å². The summed E-state index contributed by atoms with van der Waals surface area (Å²) in [6.45, 7) is 5.60. The summed E-state index contributed by atoms with van der Waals surface area (Å²) in [6.07, 6.45) is 0.991. The summed E-state index contributed by atoms with van der Waals surface area (Å²) in [4.78, 5) is 2.41. The molecule has 1 heterocycles. The average Bonchev–Trinajstić information content (AvgIpc) is 2.84. The van der Waals surface area contributed by atoms with Gasteiger partial charge in [0.05, 0.1) is 11.7 Å². The van der Waals surface area contributed by atoms with Crippen LogP contribution in [0.25, 0.3) is 0 Å². The van der Waals surface area contributed by atoms with E-state index in [1.165, 1.54) is 17.0 Å². The zero-order valence-corrected chi connectivity index (χ0v) is 12.1. The second-order valence-electron chi connectivity index (χ2n) is 4.60. The molecule has 0 fully saturated rings. The predicted molar refractivity (Wildman–Crippen MR) is 76.8 cm³/mol. The third-order valence-corrected chi connectivity index (χ3v) is 4.49. The summed E-state index contributed by atoms with van der Waals surface area (Å²) in [7, 11) is 0.